The molecule has 1 aromatic carbocycles. The standard InChI is InChI=1S/C26H41N3O4/c1-3-32-24-18-22(11-12-23(24)33-20-25(30)29-16-6-4-7-17-29)26(31)27-13-5-8-14-28-15-9-10-21(2)19-28/h11-12,18,21H,3-10,13-17,19-20H2,1-2H3,(H,27,31). The molecule has 1 unspecified atom stereocenters. The normalized spacial score (nSPS) is 19.2. The molecular formula is C26H41N3O4. The van der Waals surface area contributed by atoms with Gasteiger partial charge in [0.2, 0.25) is 0 Å². The van der Waals surface area contributed by atoms with E-state index in [1.807, 2.05) is 11.8 Å². The predicted molar refractivity (Wildman–Crippen MR) is 130 cm³/mol. The molecule has 2 aliphatic heterocycles. The fraction of sp³-hybridized carbons (Fsp3) is 0.692. The first-order valence-corrected chi connectivity index (χ1v) is 12.7. The predicted octanol–water partition coefficient (Wildman–Crippen LogP) is 3.72. The van der Waals surface area contributed by atoms with E-state index in [4.69, 9.17) is 9.47 Å². The summed E-state index contributed by atoms with van der Waals surface area (Å²) in [4.78, 5) is 29.4. The number of amides is 2. The second-order valence-electron chi connectivity index (χ2n) is 9.34. The molecule has 0 spiro atoms. The summed E-state index contributed by atoms with van der Waals surface area (Å²) in [5, 5.41) is 3.01. The molecule has 1 aromatic rings. The second kappa shape index (κ2) is 13.4. The fourth-order valence-electron chi connectivity index (χ4n) is 4.67. The molecule has 0 aliphatic carbocycles. The van der Waals surface area contributed by atoms with Gasteiger partial charge in [-0.2, -0.15) is 0 Å². The second-order valence-corrected chi connectivity index (χ2v) is 9.34. The quantitative estimate of drug-likeness (QED) is 0.511. The van der Waals surface area contributed by atoms with Gasteiger partial charge in [-0.1, -0.05) is 6.92 Å². The van der Waals surface area contributed by atoms with Gasteiger partial charge in [0, 0.05) is 31.7 Å². The van der Waals surface area contributed by atoms with Gasteiger partial charge in [0.05, 0.1) is 6.61 Å². The third-order valence-corrected chi connectivity index (χ3v) is 6.49. The van der Waals surface area contributed by atoms with Crippen LogP contribution < -0.4 is 14.8 Å². The summed E-state index contributed by atoms with van der Waals surface area (Å²) >= 11 is 0. The highest BCUT2D eigenvalue weighted by molar-refractivity contribution is 5.94. The van der Waals surface area contributed by atoms with E-state index in [9.17, 15) is 9.59 Å². The van der Waals surface area contributed by atoms with Crippen molar-refractivity contribution in [2.45, 2.75) is 58.8 Å². The SMILES string of the molecule is CCOc1cc(C(=O)NCCCCN2CCCC(C)C2)ccc1OCC(=O)N1CCCCC1. The number of carbonyl (C=O) groups is 2. The molecule has 33 heavy (non-hydrogen) atoms. The highest BCUT2D eigenvalue weighted by Gasteiger charge is 2.19. The van der Waals surface area contributed by atoms with Gasteiger partial charge in [0.25, 0.3) is 11.8 Å². The molecule has 3 rings (SSSR count). The summed E-state index contributed by atoms with van der Waals surface area (Å²) in [6.07, 6.45) is 7.99. The summed E-state index contributed by atoms with van der Waals surface area (Å²) in [7, 11) is 0. The Morgan fingerprint density at radius 3 is 2.61 bits per heavy atom. The van der Waals surface area contributed by atoms with Crippen molar-refractivity contribution in [1.29, 1.82) is 0 Å². The molecule has 1 atom stereocenters. The van der Waals surface area contributed by atoms with Crippen LogP contribution in [-0.2, 0) is 4.79 Å². The maximum Gasteiger partial charge on any atom is 0.260 e. The van der Waals surface area contributed by atoms with Crippen LogP contribution in [0.15, 0.2) is 18.2 Å². The first-order valence-electron chi connectivity index (χ1n) is 12.7. The van der Waals surface area contributed by atoms with E-state index in [0.29, 0.717) is 30.2 Å². The fourth-order valence-corrected chi connectivity index (χ4v) is 4.67. The maximum atomic E-state index is 12.6. The summed E-state index contributed by atoms with van der Waals surface area (Å²) in [6.45, 7) is 10.4. The van der Waals surface area contributed by atoms with E-state index in [-0.39, 0.29) is 18.4 Å². The van der Waals surface area contributed by atoms with Gasteiger partial charge in [0.15, 0.2) is 18.1 Å². The number of rotatable bonds is 11. The Balaban J connectivity index is 1.43. The highest BCUT2D eigenvalue weighted by Crippen LogP contribution is 2.29. The largest absolute Gasteiger partial charge is 0.490 e. The first kappa shape index (κ1) is 25.3. The van der Waals surface area contributed by atoms with Gasteiger partial charge in [0.1, 0.15) is 0 Å². The van der Waals surface area contributed by atoms with Crippen LogP contribution in [0.2, 0.25) is 0 Å². The molecule has 7 heteroatoms. The zero-order valence-corrected chi connectivity index (χ0v) is 20.4. The van der Waals surface area contributed by atoms with Gasteiger partial charge < -0.3 is 24.6 Å². The third-order valence-electron chi connectivity index (χ3n) is 6.49. The molecule has 2 fully saturated rings. The molecule has 2 aliphatic rings. The molecular weight excluding hydrogens is 418 g/mol. The van der Waals surface area contributed by atoms with Crippen LogP contribution in [0.5, 0.6) is 11.5 Å². The van der Waals surface area contributed by atoms with Gasteiger partial charge in [-0.05, 0) is 89.1 Å². The highest BCUT2D eigenvalue weighted by atomic mass is 16.5. The number of piperidine rings is 2. The number of unbranched alkanes of at least 4 members (excludes halogenated alkanes) is 1. The Hall–Kier alpha value is -2.28. The van der Waals surface area contributed by atoms with Crippen LogP contribution in [0.4, 0.5) is 0 Å². The minimum absolute atomic E-state index is 0.00187. The topological polar surface area (TPSA) is 71.1 Å². The summed E-state index contributed by atoms with van der Waals surface area (Å²) in [5.41, 5.74) is 0.540. The average Bonchev–Trinajstić information content (AvgIpc) is 2.83. The van der Waals surface area contributed by atoms with Crippen molar-refractivity contribution in [3.63, 3.8) is 0 Å². The first-order chi connectivity index (χ1) is 16.1. The van der Waals surface area contributed by atoms with Gasteiger partial charge >= 0.3 is 0 Å². The number of hydrogen-bond acceptors (Lipinski definition) is 5. The van der Waals surface area contributed by atoms with Crippen LogP contribution in [0.3, 0.4) is 0 Å². The van der Waals surface area contributed by atoms with Crippen molar-refractivity contribution in [2.75, 3.05) is 52.5 Å². The average molecular weight is 460 g/mol. The van der Waals surface area contributed by atoms with Gasteiger partial charge in [-0.15, -0.1) is 0 Å². The van der Waals surface area contributed by atoms with Crippen molar-refractivity contribution in [2.24, 2.45) is 5.92 Å². The summed E-state index contributed by atoms with van der Waals surface area (Å²) in [5.74, 6) is 1.68. The van der Waals surface area contributed by atoms with E-state index in [1.165, 1.54) is 32.4 Å². The molecule has 1 N–H and O–H groups in total. The zero-order valence-electron chi connectivity index (χ0n) is 20.4. The van der Waals surface area contributed by atoms with E-state index in [1.54, 1.807) is 18.2 Å². The minimum atomic E-state index is -0.113. The van der Waals surface area contributed by atoms with E-state index in [0.717, 1.165) is 51.2 Å². The Bertz CT molecular complexity index is 764. The lowest BCUT2D eigenvalue weighted by Crippen LogP contribution is -2.38. The monoisotopic (exact) mass is 459 g/mol. The molecule has 0 aromatic heterocycles. The van der Waals surface area contributed by atoms with Crippen LogP contribution in [0.1, 0.15) is 69.2 Å². The number of likely N-dealkylation sites (tertiary alicyclic amines) is 2. The molecule has 2 amide bonds. The van der Waals surface area contributed by atoms with E-state index < -0.39 is 0 Å². The number of carbonyl (C=O) groups excluding carboxylic acids is 2. The van der Waals surface area contributed by atoms with Crippen LogP contribution >= 0.6 is 0 Å². The molecule has 184 valence electrons. The minimum Gasteiger partial charge on any atom is -0.490 e. The third kappa shape index (κ3) is 8.22. The van der Waals surface area contributed by atoms with Crippen LogP contribution in [0, 0.1) is 5.92 Å². The Morgan fingerprint density at radius 2 is 1.85 bits per heavy atom. The Labute approximate surface area is 198 Å². The number of benzene rings is 1. The molecule has 7 nitrogen and oxygen atoms in total. The Kier molecular flexibility index (Phi) is 10.3. The number of ether oxygens (including phenoxy) is 2. The van der Waals surface area contributed by atoms with Crippen molar-refractivity contribution < 1.29 is 19.1 Å². The summed E-state index contributed by atoms with van der Waals surface area (Å²) < 4.78 is 11.5. The van der Waals surface area contributed by atoms with Crippen molar-refractivity contribution >= 4 is 11.8 Å². The zero-order chi connectivity index (χ0) is 23.5. The molecule has 2 heterocycles. The molecule has 0 bridgehead atoms. The molecule has 0 radical (unpaired) electrons. The van der Waals surface area contributed by atoms with Crippen LogP contribution in [0.25, 0.3) is 0 Å². The smallest absolute Gasteiger partial charge is 0.260 e. The molecule has 0 saturated carbocycles. The van der Waals surface area contributed by atoms with Crippen molar-refractivity contribution in [3.05, 3.63) is 23.8 Å². The maximum absolute atomic E-state index is 12.6. The number of nitrogens with zero attached hydrogens (tertiary/aromatic N) is 2. The van der Waals surface area contributed by atoms with Crippen LogP contribution in [-0.4, -0.2) is 74.1 Å². The van der Waals surface area contributed by atoms with E-state index in [2.05, 4.69) is 17.1 Å². The lowest BCUT2D eigenvalue weighted by atomic mass is 10.0. The number of hydrogen-bond donors (Lipinski definition) is 1. The van der Waals surface area contributed by atoms with Gasteiger partial charge in [-0.25, -0.2) is 0 Å². The van der Waals surface area contributed by atoms with Crippen molar-refractivity contribution in [3.8, 4) is 11.5 Å². The van der Waals surface area contributed by atoms with E-state index >= 15 is 0 Å². The van der Waals surface area contributed by atoms with Gasteiger partial charge in [-0.3, -0.25) is 9.59 Å². The number of nitrogens with one attached hydrogen (secondary N) is 1. The lowest BCUT2D eigenvalue weighted by Gasteiger charge is -2.30. The molecule has 2 saturated heterocycles. The summed E-state index contributed by atoms with van der Waals surface area (Å²) in [6, 6.07) is 5.16. The lowest BCUT2D eigenvalue weighted by molar-refractivity contribution is -0.134. The van der Waals surface area contributed by atoms with Crippen molar-refractivity contribution in [1.82, 2.24) is 15.1 Å². The Morgan fingerprint density at radius 1 is 1.03 bits per heavy atom.